The van der Waals surface area contributed by atoms with Gasteiger partial charge in [0.05, 0.1) is 10.0 Å². The SMILES string of the molecule is Clc1ccc(CNCC(C2CC2)C2CC2)cc1Cl. The highest BCUT2D eigenvalue weighted by Gasteiger charge is 2.40. The third kappa shape index (κ3) is 3.20. The Morgan fingerprint density at radius 1 is 1.06 bits per heavy atom. The fraction of sp³-hybridized carbons (Fsp3) is 0.600. The Kier molecular flexibility index (Phi) is 3.83. The van der Waals surface area contributed by atoms with Crippen LogP contribution in [0.2, 0.25) is 10.0 Å². The standard InChI is InChI=1S/C15H19Cl2N/c16-14-6-1-10(7-15(14)17)8-18-9-13(11-2-3-11)12-4-5-12/h1,6-7,11-13,18H,2-5,8-9H2. The van der Waals surface area contributed by atoms with Crippen LogP contribution in [0.25, 0.3) is 0 Å². The number of halogens is 2. The lowest BCUT2D eigenvalue weighted by molar-refractivity contribution is 0.378. The summed E-state index contributed by atoms with van der Waals surface area (Å²) in [6.07, 6.45) is 5.82. The van der Waals surface area contributed by atoms with Gasteiger partial charge in [0.25, 0.3) is 0 Å². The van der Waals surface area contributed by atoms with Gasteiger partial charge in [0.2, 0.25) is 0 Å². The average molecular weight is 284 g/mol. The lowest BCUT2D eigenvalue weighted by Crippen LogP contribution is -2.25. The van der Waals surface area contributed by atoms with E-state index in [0.29, 0.717) is 10.0 Å². The predicted molar refractivity (Wildman–Crippen MR) is 77.1 cm³/mol. The van der Waals surface area contributed by atoms with Crippen LogP contribution in [-0.2, 0) is 6.54 Å². The summed E-state index contributed by atoms with van der Waals surface area (Å²) in [5.41, 5.74) is 1.22. The summed E-state index contributed by atoms with van der Waals surface area (Å²) in [7, 11) is 0. The van der Waals surface area contributed by atoms with Gasteiger partial charge in [-0.15, -0.1) is 0 Å². The summed E-state index contributed by atoms with van der Waals surface area (Å²) in [4.78, 5) is 0. The van der Waals surface area contributed by atoms with Crippen molar-refractivity contribution in [2.24, 2.45) is 17.8 Å². The minimum absolute atomic E-state index is 0.634. The van der Waals surface area contributed by atoms with Crippen molar-refractivity contribution in [1.82, 2.24) is 5.32 Å². The zero-order valence-corrected chi connectivity index (χ0v) is 12.0. The van der Waals surface area contributed by atoms with Crippen LogP contribution in [0.3, 0.4) is 0 Å². The quantitative estimate of drug-likeness (QED) is 0.810. The van der Waals surface area contributed by atoms with Crippen LogP contribution in [0.1, 0.15) is 31.2 Å². The lowest BCUT2D eigenvalue weighted by Gasteiger charge is -2.16. The molecule has 98 valence electrons. The third-order valence-electron chi connectivity index (χ3n) is 4.15. The van der Waals surface area contributed by atoms with E-state index in [1.54, 1.807) is 0 Å². The molecule has 0 heterocycles. The van der Waals surface area contributed by atoms with Crippen LogP contribution in [0, 0.1) is 17.8 Å². The van der Waals surface area contributed by atoms with Crippen molar-refractivity contribution in [2.45, 2.75) is 32.2 Å². The van der Waals surface area contributed by atoms with Gasteiger partial charge < -0.3 is 5.32 Å². The largest absolute Gasteiger partial charge is 0.312 e. The Morgan fingerprint density at radius 2 is 1.72 bits per heavy atom. The Labute approximate surface area is 119 Å². The molecule has 1 N–H and O–H groups in total. The van der Waals surface area contributed by atoms with E-state index in [9.17, 15) is 0 Å². The van der Waals surface area contributed by atoms with Gasteiger partial charge in [-0.2, -0.15) is 0 Å². The van der Waals surface area contributed by atoms with E-state index in [1.165, 1.54) is 31.2 Å². The van der Waals surface area contributed by atoms with Gasteiger partial charge in [-0.1, -0.05) is 29.3 Å². The molecule has 2 aliphatic rings. The maximum absolute atomic E-state index is 6.02. The van der Waals surface area contributed by atoms with Crippen molar-refractivity contribution in [3.63, 3.8) is 0 Å². The molecule has 18 heavy (non-hydrogen) atoms. The average Bonchev–Trinajstić information content (AvgIpc) is 3.22. The van der Waals surface area contributed by atoms with Crippen molar-refractivity contribution in [2.75, 3.05) is 6.54 Å². The van der Waals surface area contributed by atoms with E-state index in [1.807, 2.05) is 18.2 Å². The maximum Gasteiger partial charge on any atom is 0.0595 e. The summed E-state index contributed by atoms with van der Waals surface area (Å²) in [6, 6.07) is 5.88. The highest BCUT2D eigenvalue weighted by Crippen LogP contribution is 2.48. The fourth-order valence-corrected chi connectivity index (χ4v) is 3.12. The summed E-state index contributed by atoms with van der Waals surface area (Å²) < 4.78 is 0. The summed E-state index contributed by atoms with van der Waals surface area (Å²) in [5.74, 6) is 2.95. The van der Waals surface area contributed by atoms with E-state index < -0.39 is 0 Å². The van der Waals surface area contributed by atoms with Crippen molar-refractivity contribution in [3.05, 3.63) is 33.8 Å². The van der Waals surface area contributed by atoms with Crippen molar-refractivity contribution < 1.29 is 0 Å². The van der Waals surface area contributed by atoms with Gasteiger partial charge in [0.15, 0.2) is 0 Å². The molecule has 0 aliphatic heterocycles. The van der Waals surface area contributed by atoms with E-state index in [4.69, 9.17) is 23.2 Å². The molecule has 0 radical (unpaired) electrons. The molecule has 1 aromatic rings. The minimum atomic E-state index is 0.634. The molecule has 3 rings (SSSR count). The fourth-order valence-electron chi connectivity index (χ4n) is 2.80. The van der Waals surface area contributed by atoms with Gasteiger partial charge in [0.1, 0.15) is 0 Å². The Balaban J connectivity index is 1.49. The number of hydrogen-bond donors (Lipinski definition) is 1. The normalized spacial score (nSPS) is 19.5. The first-order chi connectivity index (χ1) is 8.74. The molecule has 0 spiro atoms. The molecular weight excluding hydrogens is 265 g/mol. The van der Waals surface area contributed by atoms with Crippen LogP contribution in [0.5, 0.6) is 0 Å². The van der Waals surface area contributed by atoms with Crippen LogP contribution >= 0.6 is 23.2 Å². The van der Waals surface area contributed by atoms with E-state index in [2.05, 4.69) is 5.32 Å². The van der Waals surface area contributed by atoms with Crippen molar-refractivity contribution in [3.8, 4) is 0 Å². The number of benzene rings is 1. The van der Waals surface area contributed by atoms with Gasteiger partial charge >= 0.3 is 0 Å². The predicted octanol–water partition coefficient (Wildman–Crippen LogP) is 4.52. The van der Waals surface area contributed by atoms with Crippen LogP contribution < -0.4 is 5.32 Å². The summed E-state index contributed by atoms with van der Waals surface area (Å²) >= 11 is 11.9. The van der Waals surface area contributed by atoms with Gasteiger partial charge in [0, 0.05) is 6.54 Å². The lowest BCUT2D eigenvalue weighted by atomic mass is 9.98. The maximum atomic E-state index is 6.02. The zero-order chi connectivity index (χ0) is 12.5. The van der Waals surface area contributed by atoms with E-state index >= 15 is 0 Å². The van der Waals surface area contributed by atoms with Gasteiger partial charge in [-0.25, -0.2) is 0 Å². The Hall–Kier alpha value is -0.240. The second-order valence-corrected chi connectivity index (χ2v) is 6.53. The molecule has 0 atom stereocenters. The molecular formula is C15H19Cl2N. The third-order valence-corrected chi connectivity index (χ3v) is 4.89. The molecule has 0 unspecified atom stereocenters. The second-order valence-electron chi connectivity index (χ2n) is 5.72. The second kappa shape index (κ2) is 5.40. The molecule has 0 bridgehead atoms. The number of nitrogens with one attached hydrogen (secondary N) is 1. The van der Waals surface area contributed by atoms with Gasteiger partial charge in [-0.05, 0) is 67.7 Å². The summed E-state index contributed by atoms with van der Waals surface area (Å²) in [6.45, 7) is 2.06. The molecule has 0 aromatic heterocycles. The number of rotatable bonds is 6. The monoisotopic (exact) mass is 283 g/mol. The smallest absolute Gasteiger partial charge is 0.0595 e. The molecule has 1 nitrogen and oxygen atoms in total. The molecule has 0 amide bonds. The Bertz CT molecular complexity index is 413. The molecule has 2 saturated carbocycles. The van der Waals surface area contributed by atoms with Crippen LogP contribution in [-0.4, -0.2) is 6.54 Å². The highest BCUT2D eigenvalue weighted by molar-refractivity contribution is 6.42. The molecule has 2 aliphatic carbocycles. The van der Waals surface area contributed by atoms with Gasteiger partial charge in [-0.3, -0.25) is 0 Å². The van der Waals surface area contributed by atoms with E-state index in [-0.39, 0.29) is 0 Å². The molecule has 2 fully saturated rings. The molecule has 1 aromatic carbocycles. The van der Waals surface area contributed by atoms with Crippen molar-refractivity contribution in [1.29, 1.82) is 0 Å². The summed E-state index contributed by atoms with van der Waals surface area (Å²) in [5, 5.41) is 4.87. The number of hydrogen-bond acceptors (Lipinski definition) is 1. The van der Waals surface area contributed by atoms with Crippen LogP contribution in [0.4, 0.5) is 0 Å². The minimum Gasteiger partial charge on any atom is -0.312 e. The highest BCUT2D eigenvalue weighted by atomic mass is 35.5. The molecule has 3 heteroatoms. The van der Waals surface area contributed by atoms with E-state index in [0.717, 1.165) is 30.8 Å². The zero-order valence-electron chi connectivity index (χ0n) is 10.5. The first kappa shape index (κ1) is 12.8. The first-order valence-electron chi connectivity index (χ1n) is 6.88. The van der Waals surface area contributed by atoms with Crippen molar-refractivity contribution >= 4 is 23.2 Å². The molecule has 0 saturated heterocycles. The van der Waals surface area contributed by atoms with Crippen LogP contribution in [0.15, 0.2) is 18.2 Å². The topological polar surface area (TPSA) is 12.0 Å². The first-order valence-corrected chi connectivity index (χ1v) is 7.64. The Morgan fingerprint density at radius 3 is 2.28 bits per heavy atom.